The first-order chi connectivity index (χ1) is 12.4. The second-order valence-electron chi connectivity index (χ2n) is 7.05. The quantitative estimate of drug-likeness (QED) is 0.712. The highest BCUT2D eigenvalue weighted by Gasteiger charge is 2.16. The summed E-state index contributed by atoms with van der Waals surface area (Å²) in [6.07, 6.45) is 0.917. The topological polar surface area (TPSA) is 63.1 Å². The van der Waals surface area contributed by atoms with E-state index >= 15 is 0 Å². The SMILES string of the molecule is Cc1cc(C(=O)CNC(=O)NCC(C)C)c(C)n1CCc1ccccc1. The maximum absolute atomic E-state index is 12.5. The Bertz CT molecular complexity index is 748. The van der Waals surface area contributed by atoms with E-state index in [1.165, 1.54) is 5.56 Å². The summed E-state index contributed by atoms with van der Waals surface area (Å²) < 4.78 is 2.17. The number of benzene rings is 1. The number of nitrogens with one attached hydrogen (secondary N) is 2. The summed E-state index contributed by atoms with van der Waals surface area (Å²) in [5.41, 5.74) is 3.97. The van der Waals surface area contributed by atoms with Gasteiger partial charge >= 0.3 is 6.03 Å². The summed E-state index contributed by atoms with van der Waals surface area (Å²) >= 11 is 0. The van der Waals surface area contributed by atoms with Crippen LogP contribution in [-0.4, -0.2) is 29.5 Å². The largest absolute Gasteiger partial charge is 0.348 e. The summed E-state index contributed by atoms with van der Waals surface area (Å²) in [5, 5.41) is 5.39. The van der Waals surface area contributed by atoms with Gasteiger partial charge in [0.05, 0.1) is 6.54 Å². The van der Waals surface area contributed by atoms with Crippen molar-refractivity contribution >= 4 is 11.8 Å². The molecular weight excluding hydrogens is 326 g/mol. The minimum absolute atomic E-state index is 0.00685. The van der Waals surface area contributed by atoms with Crippen molar-refractivity contribution in [1.29, 1.82) is 0 Å². The molecule has 26 heavy (non-hydrogen) atoms. The van der Waals surface area contributed by atoms with Crippen LogP contribution in [0.25, 0.3) is 0 Å². The predicted octanol–water partition coefficient (Wildman–Crippen LogP) is 3.49. The summed E-state index contributed by atoms with van der Waals surface area (Å²) in [4.78, 5) is 24.2. The van der Waals surface area contributed by atoms with E-state index in [4.69, 9.17) is 0 Å². The van der Waals surface area contributed by atoms with E-state index < -0.39 is 0 Å². The third-order valence-electron chi connectivity index (χ3n) is 4.42. The zero-order chi connectivity index (χ0) is 19.1. The smallest absolute Gasteiger partial charge is 0.315 e. The normalized spacial score (nSPS) is 10.8. The molecule has 140 valence electrons. The summed E-state index contributed by atoms with van der Waals surface area (Å²) in [6.45, 7) is 9.45. The Labute approximate surface area is 155 Å². The van der Waals surface area contributed by atoms with Gasteiger partial charge in [-0.2, -0.15) is 0 Å². The molecule has 0 aliphatic rings. The second-order valence-corrected chi connectivity index (χ2v) is 7.05. The van der Waals surface area contributed by atoms with E-state index in [0.717, 1.165) is 24.4 Å². The van der Waals surface area contributed by atoms with Crippen LogP contribution < -0.4 is 10.6 Å². The van der Waals surface area contributed by atoms with Crippen LogP contribution in [0.5, 0.6) is 0 Å². The Morgan fingerprint density at radius 1 is 1.08 bits per heavy atom. The molecule has 0 unspecified atom stereocenters. The lowest BCUT2D eigenvalue weighted by molar-refractivity contribution is 0.0991. The first-order valence-corrected chi connectivity index (χ1v) is 9.14. The molecule has 1 heterocycles. The van der Waals surface area contributed by atoms with Crippen LogP contribution in [0.1, 0.15) is 41.2 Å². The Balaban J connectivity index is 1.95. The lowest BCUT2D eigenvalue weighted by atomic mass is 10.1. The van der Waals surface area contributed by atoms with Crippen molar-refractivity contribution in [2.75, 3.05) is 13.1 Å². The van der Waals surface area contributed by atoms with E-state index in [0.29, 0.717) is 18.0 Å². The van der Waals surface area contributed by atoms with Crippen LogP contribution in [0.4, 0.5) is 4.79 Å². The number of ketones is 1. The molecule has 1 aromatic heterocycles. The lowest BCUT2D eigenvalue weighted by Crippen LogP contribution is -2.40. The molecule has 0 bridgehead atoms. The van der Waals surface area contributed by atoms with Gasteiger partial charge in [0.1, 0.15) is 0 Å². The van der Waals surface area contributed by atoms with E-state index in [1.54, 1.807) is 0 Å². The fraction of sp³-hybridized carbons (Fsp3) is 0.429. The minimum Gasteiger partial charge on any atom is -0.348 e. The van der Waals surface area contributed by atoms with Crippen LogP contribution >= 0.6 is 0 Å². The molecule has 5 heteroatoms. The number of aromatic nitrogens is 1. The van der Waals surface area contributed by atoms with Crippen LogP contribution in [0.15, 0.2) is 36.4 Å². The van der Waals surface area contributed by atoms with Crippen LogP contribution in [0.2, 0.25) is 0 Å². The highest BCUT2D eigenvalue weighted by molar-refractivity contribution is 6.00. The molecule has 0 fully saturated rings. The molecular formula is C21H29N3O2. The summed E-state index contributed by atoms with van der Waals surface area (Å²) in [5.74, 6) is 0.309. The molecule has 5 nitrogen and oxygen atoms in total. The number of carbonyl (C=O) groups excluding carboxylic acids is 2. The number of hydrogen-bond donors (Lipinski definition) is 2. The van der Waals surface area contributed by atoms with Crippen molar-refractivity contribution in [2.24, 2.45) is 5.92 Å². The van der Waals surface area contributed by atoms with Crippen molar-refractivity contribution in [3.05, 3.63) is 58.9 Å². The molecule has 2 rings (SSSR count). The highest BCUT2D eigenvalue weighted by atomic mass is 16.2. The molecule has 2 N–H and O–H groups in total. The fourth-order valence-electron chi connectivity index (χ4n) is 2.93. The van der Waals surface area contributed by atoms with E-state index in [-0.39, 0.29) is 18.4 Å². The van der Waals surface area contributed by atoms with Gasteiger partial charge in [0.15, 0.2) is 5.78 Å². The Kier molecular flexibility index (Phi) is 7.01. The third kappa shape index (κ3) is 5.48. The maximum Gasteiger partial charge on any atom is 0.315 e. The molecule has 2 aromatic rings. The number of Topliss-reactive ketones (excluding diaryl/α,β-unsaturated/α-hetero) is 1. The summed E-state index contributed by atoms with van der Waals surface area (Å²) in [6, 6.07) is 11.9. The molecule has 0 aliphatic carbocycles. The maximum atomic E-state index is 12.5. The molecule has 0 saturated heterocycles. The van der Waals surface area contributed by atoms with Gasteiger partial charge in [-0.25, -0.2) is 4.79 Å². The van der Waals surface area contributed by atoms with Gasteiger partial charge in [-0.15, -0.1) is 0 Å². The van der Waals surface area contributed by atoms with Gasteiger partial charge in [-0.05, 0) is 37.8 Å². The van der Waals surface area contributed by atoms with Crippen molar-refractivity contribution < 1.29 is 9.59 Å². The number of rotatable bonds is 8. The third-order valence-corrected chi connectivity index (χ3v) is 4.42. The second kappa shape index (κ2) is 9.22. The van der Waals surface area contributed by atoms with Crippen molar-refractivity contribution in [2.45, 2.75) is 40.7 Å². The number of nitrogens with zero attached hydrogens (tertiary/aromatic N) is 1. The molecule has 1 aromatic carbocycles. The number of aryl methyl sites for hydroxylation is 2. The summed E-state index contributed by atoms with van der Waals surface area (Å²) in [7, 11) is 0. The Morgan fingerprint density at radius 3 is 2.42 bits per heavy atom. The van der Waals surface area contributed by atoms with Gasteiger partial charge in [0.2, 0.25) is 0 Å². The molecule has 0 aliphatic heterocycles. The van der Waals surface area contributed by atoms with Crippen LogP contribution in [-0.2, 0) is 13.0 Å². The zero-order valence-electron chi connectivity index (χ0n) is 16.1. The van der Waals surface area contributed by atoms with E-state index in [1.807, 2.05) is 52.0 Å². The average Bonchev–Trinajstić information content (AvgIpc) is 2.91. The van der Waals surface area contributed by atoms with Gasteiger partial charge in [0.25, 0.3) is 0 Å². The minimum atomic E-state index is -0.301. The molecule has 0 spiro atoms. The van der Waals surface area contributed by atoms with Crippen molar-refractivity contribution in [1.82, 2.24) is 15.2 Å². The zero-order valence-corrected chi connectivity index (χ0v) is 16.1. The number of hydrogen-bond acceptors (Lipinski definition) is 2. The van der Waals surface area contributed by atoms with Gasteiger partial charge in [0, 0.05) is 30.0 Å². The Morgan fingerprint density at radius 2 is 1.77 bits per heavy atom. The van der Waals surface area contributed by atoms with Crippen LogP contribution in [0, 0.1) is 19.8 Å². The number of carbonyl (C=O) groups is 2. The fourth-order valence-corrected chi connectivity index (χ4v) is 2.93. The highest BCUT2D eigenvalue weighted by Crippen LogP contribution is 2.16. The first-order valence-electron chi connectivity index (χ1n) is 9.14. The monoisotopic (exact) mass is 355 g/mol. The molecule has 0 radical (unpaired) electrons. The predicted molar refractivity (Wildman–Crippen MR) is 105 cm³/mol. The molecule has 2 amide bonds. The molecule has 0 atom stereocenters. The van der Waals surface area contributed by atoms with Crippen molar-refractivity contribution in [3.8, 4) is 0 Å². The first kappa shape index (κ1) is 19.8. The van der Waals surface area contributed by atoms with Gasteiger partial charge in [-0.1, -0.05) is 44.2 Å². The number of urea groups is 1. The van der Waals surface area contributed by atoms with Crippen molar-refractivity contribution in [3.63, 3.8) is 0 Å². The standard InChI is InChI=1S/C21H29N3O2/c1-15(2)13-22-21(26)23-14-20(25)19-12-16(3)24(17(19)4)11-10-18-8-6-5-7-9-18/h5-9,12,15H,10-11,13-14H2,1-4H3,(H2,22,23,26). The average molecular weight is 355 g/mol. The van der Waals surface area contributed by atoms with E-state index in [2.05, 4.69) is 27.3 Å². The number of amides is 2. The van der Waals surface area contributed by atoms with Gasteiger partial charge in [-0.3, -0.25) is 4.79 Å². The lowest BCUT2D eigenvalue weighted by Gasteiger charge is -2.11. The van der Waals surface area contributed by atoms with Crippen LogP contribution in [0.3, 0.4) is 0 Å². The Hall–Kier alpha value is -2.56. The van der Waals surface area contributed by atoms with E-state index in [9.17, 15) is 9.59 Å². The molecule has 0 saturated carbocycles. The van der Waals surface area contributed by atoms with Gasteiger partial charge < -0.3 is 15.2 Å².